The number of rotatable bonds is 7. The molecule has 0 saturated heterocycles. The molecule has 0 saturated carbocycles. The molecular weight excluding hydrogens is 326 g/mol. The second-order valence-electron chi connectivity index (χ2n) is 6.35. The van der Waals surface area contributed by atoms with Crippen molar-refractivity contribution in [3.8, 4) is 0 Å². The molecule has 0 atom stereocenters. The topological polar surface area (TPSA) is 73.1 Å². The molecule has 0 spiro atoms. The highest BCUT2D eigenvalue weighted by Crippen LogP contribution is 2.21. The molecule has 6 nitrogen and oxygen atoms in total. The zero-order valence-electron chi connectivity index (χ0n) is 14.7. The Morgan fingerprint density at radius 1 is 1.25 bits per heavy atom. The van der Waals surface area contributed by atoms with Crippen molar-refractivity contribution in [3.63, 3.8) is 0 Å². The fourth-order valence-electron chi connectivity index (χ4n) is 2.71. The maximum Gasteiger partial charge on any atom is 0.332 e. The van der Waals surface area contributed by atoms with Crippen molar-refractivity contribution in [2.75, 3.05) is 0 Å². The number of aryl methyl sites for hydroxylation is 2. The van der Waals surface area contributed by atoms with Crippen LogP contribution in [0.25, 0.3) is 10.2 Å². The largest absolute Gasteiger partial charge is 0.352 e. The van der Waals surface area contributed by atoms with Crippen molar-refractivity contribution in [1.82, 2.24) is 14.5 Å². The van der Waals surface area contributed by atoms with Crippen LogP contribution in [0.2, 0.25) is 0 Å². The lowest BCUT2D eigenvalue weighted by Gasteiger charge is -2.13. The van der Waals surface area contributed by atoms with Crippen molar-refractivity contribution >= 4 is 27.5 Å². The molecule has 0 unspecified atom stereocenters. The van der Waals surface area contributed by atoms with Gasteiger partial charge in [-0.2, -0.15) is 0 Å². The van der Waals surface area contributed by atoms with Gasteiger partial charge in [-0.1, -0.05) is 19.8 Å². The van der Waals surface area contributed by atoms with Gasteiger partial charge < -0.3 is 5.32 Å². The summed E-state index contributed by atoms with van der Waals surface area (Å²) in [5, 5.41) is 5.17. The highest BCUT2D eigenvalue weighted by atomic mass is 32.1. The summed E-state index contributed by atoms with van der Waals surface area (Å²) in [5.41, 5.74) is 0.0750. The molecule has 2 rings (SSSR count). The van der Waals surface area contributed by atoms with E-state index in [4.69, 9.17) is 0 Å². The highest BCUT2D eigenvalue weighted by Gasteiger charge is 2.18. The van der Waals surface area contributed by atoms with Gasteiger partial charge in [0, 0.05) is 12.6 Å². The smallest absolute Gasteiger partial charge is 0.332 e. The number of nitrogens with one attached hydrogen (secondary N) is 1. The van der Waals surface area contributed by atoms with Crippen molar-refractivity contribution < 1.29 is 4.79 Å². The Labute approximate surface area is 145 Å². The fourth-order valence-corrected chi connectivity index (χ4v) is 3.78. The van der Waals surface area contributed by atoms with Gasteiger partial charge in [0.15, 0.2) is 0 Å². The first-order valence-electron chi connectivity index (χ1n) is 8.37. The van der Waals surface area contributed by atoms with Gasteiger partial charge in [-0.15, -0.1) is 11.3 Å². The highest BCUT2D eigenvalue weighted by molar-refractivity contribution is 7.17. The second kappa shape index (κ2) is 7.79. The van der Waals surface area contributed by atoms with E-state index in [2.05, 4.69) is 12.2 Å². The van der Waals surface area contributed by atoms with Crippen LogP contribution < -0.4 is 16.6 Å². The van der Waals surface area contributed by atoms with Gasteiger partial charge in [0.2, 0.25) is 5.91 Å². The molecule has 0 aliphatic rings. The Kier molecular flexibility index (Phi) is 5.99. The predicted molar refractivity (Wildman–Crippen MR) is 97.9 cm³/mol. The molecule has 132 valence electrons. The van der Waals surface area contributed by atoms with E-state index in [-0.39, 0.29) is 24.1 Å². The van der Waals surface area contributed by atoms with Crippen LogP contribution in [0.4, 0.5) is 0 Å². The van der Waals surface area contributed by atoms with Gasteiger partial charge in [0.05, 0.1) is 5.39 Å². The predicted octanol–water partition coefficient (Wildman–Crippen LogP) is 2.25. The number of hydrogen-bond donors (Lipinski definition) is 1. The minimum absolute atomic E-state index is 0.0356. The Balaban J connectivity index is 2.54. The van der Waals surface area contributed by atoms with Crippen molar-refractivity contribution in [1.29, 1.82) is 0 Å². The van der Waals surface area contributed by atoms with Gasteiger partial charge in [0.1, 0.15) is 11.4 Å². The van der Waals surface area contributed by atoms with E-state index in [1.54, 1.807) is 4.57 Å². The average Bonchev–Trinajstić information content (AvgIpc) is 2.88. The van der Waals surface area contributed by atoms with Crippen LogP contribution in [-0.4, -0.2) is 21.1 Å². The van der Waals surface area contributed by atoms with E-state index in [0.29, 0.717) is 16.8 Å². The number of thiophene rings is 1. The number of nitrogens with zero attached hydrogens (tertiary/aromatic N) is 2. The summed E-state index contributed by atoms with van der Waals surface area (Å²) >= 11 is 1.41. The third-order valence-corrected chi connectivity index (χ3v) is 4.98. The lowest BCUT2D eigenvalue weighted by atomic mass is 10.2. The van der Waals surface area contributed by atoms with Crippen LogP contribution in [0, 0.1) is 6.92 Å². The molecule has 0 aliphatic heterocycles. The standard InChI is InChI=1S/C17H25N3O3S/c1-5-6-7-8-19-16-14(12(4)10-24-16)15(22)20(17(19)23)9-13(21)18-11(2)3/h10-11H,5-9H2,1-4H3,(H,18,21). The van der Waals surface area contributed by atoms with Gasteiger partial charge >= 0.3 is 5.69 Å². The summed E-state index contributed by atoms with van der Waals surface area (Å²) in [6.45, 7) is 7.97. The number of fused-ring (bicyclic) bond motifs is 1. The van der Waals surface area contributed by atoms with Crippen LogP contribution in [0.1, 0.15) is 45.6 Å². The van der Waals surface area contributed by atoms with E-state index in [1.807, 2.05) is 26.2 Å². The molecule has 24 heavy (non-hydrogen) atoms. The normalized spacial score (nSPS) is 11.4. The SMILES string of the molecule is CCCCCn1c(=O)n(CC(=O)NC(C)C)c(=O)c2c(C)csc21. The molecule has 0 aromatic carbocycles. The number of carbonyl (C=O) groups is 1. The number of hydrogen-bond acceptors (Lipinski definition) is 4. The van der Waals surface area contributed by atoms with Crippen LogP contribution in [0.15, 0.2) is 15.0 Å². The number of carbonyl (C=O) groups excluding carboxylic acids is 1. The first-order valence-corrected chi connectivity index (χ1v) is 9.25. The molecule has 2 aromatic rings. The molecule has 1 amide bonds. The monoisotopic (exact) mass is 351 g/mol. The van der Waals surface area contributed by atoms with Crippen LogP contribution in [0.5, 0.6) is 0 Å². The molecule has 2 heterocycles. The zero-order valence-corrected chi connectivity index (χ0v) is 15.5. The molecule has 2 aromatic heterocycles. The summed E-state index contributed by atoms with van der Waals surface area (Å²) < 4.78 is 2.71. The van der Waals surface area contributed by atoms with Crippen molar-refractivity contribution in [3.05, 3.63) is 31.8 Å². The van der Waals surface area contributed by atoms with Gasteiger partial charge in [-0.25, -0.2) is 4.79 Å². The second-order valence-corrected chi connectivity index (χ2v) is 7.21. The Morgan fingerprint density at radius 3 is 2.58 bits per heavy atom. The summed E-state index contributed by atoms with van der Waals surface area (Å²) in [6, 6.07) is -0.0356. The first kappa shape index (κ1) is 18.4. The van der Waals surface area contributed by atoms with Crippen LogP contribution in [-0.2, 0) is 17.9 Å². The van der Waals surface area contributed by atoms with Gasteiger partial charge in [0.25, 0.3) is 5.56 Å². The van der Waals surface area contributed by atoms with E-state index in [9.17, 15) is 14.4 Å². The molecular formula is C17H25N3O3S. The summed E-state index contributed by atoms with van der Waals surface area (Å²) in [7, 11) is 0. The Hall–Kier alpha value is -1.89. The lowest BCUT2D eigenvalue weighted by Crippen LogP contribution is -2.44. The third-order valence-electron chi connectivity index (χ3n) is 3.86. The summed E-state index contributed by atoms with van der Waals surface area (Å²) in [5.74, 6) is -0.323. The Morgan fingerprint density at radius 2 is 1.96 bits per heavy atom. The van der Waals surface area contributed by atoms with Crippen LogP contribution in [0.3, 0.4) is 0 Å². The van der Waals surface area contributed by atoms with E-state index in [1.165, 1.54) is 11.3 Å². The van der Waals surface area contributed by atoms with Gasteiger partial charge in [-0.05, 0) is 38.1 Å². The lowest BCUT2D eigenvalue weighted by molar-refractivity contribution is -0.122. The molecule has 0 bridgehead atoms. The molecule has 0 fully saturated rings. The van der Waals surface area contributed by atoms with E-state index < -0.39 is 5.69 Å². The summed E-state index contributed by atoms with van der Waals surface area (Å²) in [6.07, 6.45) is 2.95. The number of amides is 1. The van der Waals surface area contributed by atoms with E-state index in [0.717, 1.165) is 29.4 Å². The molecule has 0 aliphatic carbocycles. The molecule has 7 heteroatoms. The maximum absolute atomic E-state index is 12.8. The minimum atomic E-state index is -0.399. The van der Waals surface area contributed by atoms with E-state index >= 15 is 0 Å². The van der Waals surface area contributed by atoms with Crippen LogP contribution >= 0.6 is 11.3 Å². The van der Waals surface area contributed by atoms with Crippen molar-refractivity contribution in [2.45, 2.75) is 66.1 Å². The first-order chi connectivity index (χ1) is 11.4. The summed E-state index contributed by atoms with van der Waals surface area (Å²) in [4.78, 5) is 38.2. The average molecular weight is 351 g/mol. The number of unbranched alkanes of at least 4 members (excludes halogenated alkanes) is 2. The minimum Gasteiger partial charge on any atom is -0.352 e. The Bertz CT molecular complexity index is 845. The molecule has 0 radical (unpaired) electrons. The quantitative estimate of drug-likeness (QED) is 0.778. The van der Waals surface area contributed by atoms with Crippen molar-refractivity contribution in [2.24, 2.45) is 0 Å². The fraction of sp³-hybridized carbons (Fsp3) is 0.588. The van der Waals surface area contributed by atoms with Gasteiger partial charge in [-0.3, -0.25) is 18.7 Å². The zero-order chi connectivity index (χ0) is 17.9. The third kappa shape index (κ3) is 3.77. The molecule has 1 N–H and O–H groups in total. The number of aromatic nitrogens is 2. The maximum atomic E-state index is 12.8.